The van der Waals surface area contributed by atoms with Crippen LogP contribution in [0.3, 0.4) is 0 Å². The number of halogens is 1. The van der Waals surface area contributed by atoms with Gasteiger partial charge in [-0.05, 0) is 62.4 Å². The number of carbonyl (C=O) groups excluding carboxylic acids is 1. The highest BCUT2D eigenvalue weighted by atomic mass is 19.1. The Bertz CT molecular complexity index is 680. The maximum Gasteiger partial charge on any atom is 0.274 e. The lowest BCUT2D eigenvalue weighted by atomic mass is 9.62. The summed E-state index contributed by atoms with van der Waals surface area (Å²) in [4.78, 5) is 16.4. The Balaban J connectivity index is 1.55. The third kappa shape index (κ3) is 2.44. The first-order chi connectivity index (χ1) is 11.5. The average Bonchev–Trinajstić information content (AvgIpc) is 2.98. The van der Waals surface area contributed by atoms with Crippen molar-refractivity contribution in [3.8, 4) is 0 Å². The highest BCUT2D eigenvalue weighted by Crippen LogP contribution is 2.51. The van der Waals surface area contributed by atoms with Crippen molar-refractivity contribution in [1.82, 2.24) is 15.3 Å². The summed E-state index contributed by atoms with van der Waals surface area (Å²) in [7, 11) is 2.18. The number of likely N-dealkylation sites (tertiary alicyclic amines) is 1. The maximum absolute atomic E-state index is 14.5. The third-order valence-electron chi connectivity index (χ3n) is 6.32. The van der Waals surface area contributed by atoms with Gasteiger partial charge in [-0.3, -0.25) is 14.9 Å². The fourth-order valence-corrected chi connectivity index (χ4v) is 4.94. The monoisotopic (exact) mass is 333 g/mol. The molecule has 6 heteroatoms. The Morgan fingerprint density at radius 1 is 1.38 bits per heavy atom. The molecule has 4 rings (SSSR count). The fraction of sp³-hybridized carbons (Fsp3) is 0.611. The number of carbonyl (C=O) groups is 1. The van der Waals surface area contributed by atoms with Crippen LogP contribution in [-0.4, -0.2) is 53.6 Å². The van der Waals surface area contributed by atoms with Crippen LogP contribution < -0.4 is 5.48 Å². The second kappa shape index (κ2) is 5.79. The number of hydroxylamine groups is 1. The number of nitrogens with one attached hydrogen (secondary N) is 1. The van der Waals surface area contributed by atoms with E-state index < -0.39 is 5.91 Å². The Kier molecular flexibility index (Phi) is 3.86. The molecule has 0 bridgehead atoms. The number of hydrogen-bond donors (Lipinski definition) is 2. The van der Waals surface area contributed by atoms with Crippen LogP contribution in [0.1, 0.15) is 40.7 Å². The van der Waals surface area contributed by atoms with Gasteiger partial charge in [0.1, 0.15) is 5.82 Å². The molecular formula is C18H24FN3O2. The third-order valence-corrected chi connectivity index (χ3v) is 6.32. The highest BCUT2D eigenvalue weighted by molar-refractivity contribution is 5.93. The lowest BCUT2D eigenvalue weighted by molar-refractivity contribution is -0.0264. The van der Waals surface area contributed by atoms with Crippen molar-refractivity contribution in [1.29, 1.82) is 0 Å². The van der Waals surface area contributed by atoms with Crippen LogP contribution in [0.4, 0.5) is 4.39 Å². The first-order valence-corrected chi connectivity index (χ1v) is 8.71. The molecule has 1 amide bonds. The number of fused-ring (bicyclic) bond motifs is 1. The van der Waals surface area contributed by atoms with Gasteiger partial charge in [0.15, 0.2) is 0 Å². The Labute approximate surface area is 141 Å². The summed E-state index contributed by atoms with van der Waals surface area (Å²) in [5, 5.41) is 8.74. The second-order valence-corrected chi connectivity index (χ2v) is 7.66. The zero-order chi connectivity index (χ0) is 16.9. The molecule has 2 heterocycles. The smallest absolute Gasteiger partial charge is 0.274 e. The Morgan fingerprint density at radius 3 is 2.83 bits per heavy atom. The number of nitrogens with zero attached hydrogens (tertiary/aromatic N) is 2. The minimum Gasteiger partial charge on any atom is -0.306 e. The Hall–Kier alpha value is -1.50. The molecule has 130 valence electrons. The quantitative estimate of drug-likeness (QED) is 0.640. The van der Waals surface area contributed by atoms with E-state index in [1.807, 2.05) is 0 Å². The number of rotatable bonds is 2. The molecule has 1 spiro atoms. The molecule has 24 heavy (non-hydrogen) atoms. The molecule has 1 aromatic rings. The summed E-state index contributed by atoms with van der Waals surface area (Å²) in [5.74, 6) is -1.00. The van der Waals surface area contributed by atoms with Gasteiger partial charge in [-0.25, -0.2) is 9.87 Å². The summed E-state index contributed by atoms with van der Waals surface area (Å²) < 4.78 is 14.5. The predicted octanol–water partition coefficient (Wildman–Crippen LogP) is 1.79. The Morgan fingerprint density at radius 2 is 2.21 bits per heavy atom. The SMILES string of the molecule is CN1CCC2(CCC2N2CCc3cc(C(=O)NO)cc(F)c3C2)C1. The van der Waals surface area contributed by atoms with Crippen molar-refractivity contribution in [3.63, 3.8) is 0 Å². The lowest BCUT2D eigenvalue weighted by Crippen LogP contribution is -2.57. The molecule has 1 aromatic carbocycles. The van der Waals surface area contributed by atoms with Crippen LogP contribution in [0.5, 0.6) is 0 Å². The first kappa shape index (κ1) is 16.0. The van der Waals surface area contributed by atoms with Gasteiger partial charge < -0.3 is 4.90 Å². The fourth-order valence-electron chi connectivity index (χ4n) is 4.94. The molecule has 5 nitrogen and oxygen atoms in total. The minimum absolute atomic E-state index is 0.180. The van der Waals surface area contributed by atoms with Crippen LogP contribution in [0.2, 0.25) is 0 Å². The van der Waals surface area contributed by atoms with Crippen LogP contribution in [-0.2, 0) is 13.0 Å². The van der Waals surface area contributed by atoms with Crippen LogP contribution in [0, 0.1) is 11.2 Å². The van der Waals surface area contributed by atoms with Gasteiger partial charge in [0.2, 0.25) is 0 Å². The molecule has 2 aliphatic heterocycles. The molecule has 0 aromatic heterocycles. The molecule has 2 atom stereocenters. The number of benzene rings is 1. The topological polar surface area (TPSA) is 55.8 Å². The molecule has 1 aliphatic carbocycles. The molecule has 2 fully saturated rings. The highest BCUT2D eigenvalue weighted by Gasteiger charge is 2.52. The second-order valence-electron chi connectivity index (χ2n) is 7.66. The van der Waals surface area contributed by atoms with Crippen LogP contribution in [0.25, 0.3) is 0 Å². The van der Waals surface area contributed by atoms with E-state index in [0.717, 1.165) is 31.6 Å². The van der Waals surface area contributed by atoms with Crippen molar-refractivity contribution in [2.24, 2.45) is 5.41 Å². The van der Waals surface area contributed by atoms with Crippen molar-refractivity contribution < 1.29 is 14.4 Å². The average molecular weight is 333 g/mol. The number of hydrogen-bond acceptors (Lipinski definition) is 4. The summed E-state index contributed by atoms with van der Waals surface area (Å²) >= 11 is 0. The summed E-state index contributed by atoms with van der Waals surface area (Å²) in [6, 6.07) is 3.49. The van der Waals surface area contributed by atoms with Gasteiger partial charge in [0.25, 0.3) is 5.91 Å². The maximum atomic E-state index is 14.5. The van der Waals surface area contributed by atoms with Crippen molar-refractivity contribution >= 4 is 5.91 Å². The molecule has 0 radical (unpaired) electrons. The molecular weight excluding hydrogens is 309 g/mol. The van der Waals surface area contributed by atoms with Crippen molar-refractivity contribution in [3.05, 3.63) is 34.6 Å². The normalized spacial score (nSPS) is 30.2. The molecule has 1 saturated heterocycles. The zero-order valence-corrected chi connectivity index (χ0v) is 14.0. The van der Waals surface area contributed by atoms with Crippen LogP contribution in [0.15, 0.2) is 12.1 Å². The largest absolute Gasteiger partial charge is 0.306 e. The van der Waals surface area contributed by atoms with Gasteiger partial charge in [-0.2, -0.15) is 0 Å². The standard InChI is InChI=1S/C18H24FN3O2/c1-21-7-5-18(11-21)4-2-16(18)22-6-3-12-8-13(17(23)20-24)9-15(19)14(12)10-22/h8-9,16,24H,2-7,10-11H2,1H3,(H,20,23). The molecule has 2 N–H and O–H groups in total. The summed E-state index contributed by atoms with van der Waals surface area (Å²) in [6.45, 7) is 3.85. The van der Waals surface area contributed by atoms with E-state index >= 15 is 0 Å². The van der Waals surface area contributed by atoms with E-state index in [4.69, 9.17) is 5.21 Å². The van der Waals surface area contributed by atoms with E-state index in [-0.39, 0.29) is 11.4 Å². The van der Waals surface area contributed by atoms with E-state index in [2.05, 4.69) is 16.8 Å². The molecule has 1 saturated carbocycles. The van der Waals surface area contributed by atoms with Gasteiger partial charge in [0, 0.05) is 36.8 Å². The lowest BCUT2D eigenvalue weighted by Gasteiger charge is -2.53. The zero-order valence-electron chi connectivity index (χ0n) is 14.0. The van der Waals surface area contributed by atoms with Gasteiger partial charge in [-0.15, -0.1) is 0 Å². The summed E-state index contributed by atoms with van der Waals surface area (Å²) in [6.07, 6.45) is 4.48. The minimum atomic E-state index is -0.661. The van der Waals surface area contributed by atoms with Crippen LogP contribution >= 0.6 is 0 Å². The number of amides is 1. The van der Waals surface area contributed by atoms with Gasteiger partial charge in [-0.1, -0.05) is 0 Å². The van der Waals surface area contributed by atoms with E-state index in [9.17, 15) is 9.18 Å². The van der Waals surface area contributed by atoms with Crippen molar-refractivity contribution in [2.75, 3.05) is 26.7 Å². The van der Waals surface area contributed by atoms with Gasteiger partial charge in [0.05, 0.1) is 0 Å². The summed E-state index contributed by atoms with van der Waals surface area (Å²) in [5.41, 5.74) is 3.76. The predicted molar refractivity (Wildman–Crippen MR) is 87.3 cm³/mol. The molecule has 3 aliphatic rings. The molecule has 2 unspecified atom stereocenters. The van der Waals surface area contributed by atoms with E-state index in [0.29, 0.717) is 23.6 Å². The van der Waals surface area contributed by atoms with Gasteiger partial charge >= 0.3 is 0 Å². The first-order valence-electron chi connectivity index (χ1n) is 8.71. The van der Waals surface area contributed by atoms with E-state index in [1.165, 1.54) is 25.3 Å². The van der Waals surface area contributed by atoms with Crippen molar-refractivity contribution in [2.45, 2.75) is 38.3 Å². The van der Waals surface area contributed by atoms with E-state index in [1.54, 1.807) is 11.5 Å².